The first-order chi connectivity index (χ1) is 10.0. The van der Waals surface area contributed by atoms with E-state index < -0.39 is 0 Å². The smallest absolute Gasteiger partial charge is 0.0738 e. The third kappa shape index (κ3) is 3.95. The van der Waals surface area contributed by atoms with Crippen LogP contribution < -0.4 is 5.32 Å². The monoisotopic (exact) mass is 349 g/mol. The van der Waals surface area contributed by atoms with Gasteiger partial charge in [-0.05, 0) is 48.3 Å². The number of halogens is 1. The second kappa shape index (κ2) is 7.23. The van der Waals surface area contributed by atoms with Gasteiger partial charge in [-0.1, -0.05) is 36.8 Å². The molecule has 0 spiro atoms. The summed E-state index contributed by atoms with van der Waals surface area (Å²) < 4.78 is 3.11. The Morgan fingerprint density at radius 1 is 1.33 bits per heavy atom. The number of rotatable bonds is 6. The summed E-state index contributed by atoms with van der Waals surface area (Å²) in [6.07, 6.45) is 2.06. The zero-order chi connectivity index (χ0) is 15.4. The third-order valence-electron chi connectivity index (χ3n) is 3.74. The standard InChI is InChI=1S/C17H24BrN3/c1-5-9-19-15(14-8-6-7-12(2)10-14)11-16-17(18)13(3)20-21(16)4/h6-8,10,15,19H,5,9,11H2,1-4H3. The average molecular weight is 350 g/mol. The average Bonchev–Trinajstić information content (AvgIpc) is 2.69. The quantitative estimate of drug-likeness (QED) is 0.851. The Kier molecular flexibility index (Phi) is 5.59. The Hall–Kier alpha value is -1.13. The van der Waals surface area contributed by atoms with Gasteiger partial charge >= 0.3 is 0 Å². The number of nitrogens with zero attached hydrogens (tertiary/aromatic N) is 2. The van der Waals surface area contributed by atoms with Crippen LogP contribution in [0.1, 0.15) is 41.9 Å². The molecule has 21 heavy (non-hydrogen) atoms. The van der Waals surface area contributed by atoms with Crippen LogP contribution in [0.2, 0.25) is 0 Å². The largest absolute Gasteiger partial charge is 0.310 e. The van der Waals surface area contributed by atoms with E-state index in [9.17, 15) is 0 Å². The van der Waals surface area contributed by atoms with Gasteiger partial charge in [0.2, 0.25) is 0 Å². The molecule has 0 saturated heterocycles. The maximum Gasteiger partial charge on any atom is 0.0738 e. The van der Waals surface area contributed by atoms with E-state index in [1.165, 1.54) is 16.8 Å². The van der Waals surface area contributed by atoms with Crippen molar-refractivity contribution in [1.29, 1.82) is 0 Å². The van der Waals surface area contributed by atoms with Gasteiger partial charge < -0.3 is 5.32 Å². The van der Waals surface area contributed by atoms with E-state index in [4.69, 9.17) is 0 Å². The zero-order valence-electron chi connectivity index (χ0n) is 13.3. The summed E-state index contributed by atoms with van der Waals surface area (Å²) >= 11 is 3.67. The van der Waals surface area contributed by atoms with Crippen molar-refractivity contribution in [3.8, 4) is 0 Å². The van der Waals surface area contributed by atoms with Crippen molar-refractivity contribution in [2.24, 2.45) is 7.05 Å². The van der Waals surface area contributed by atoms with Gasteiger partial charge in [0.1, 0.15) is 0 Å². The maximum absolute atomic E-state index is 4.50. The Morgan fingerprint density at radius 3 is 2.67 bits per heavy atom. The molecule has 0 aliphatic carbocycles. The molecule has 1 heterocycles. The molecule has 0 amide bonds. The Morgan fingerprint density at radius 2 is 2.10 bits per heavy atom. The molecule has 2 rings (SSSR count). The van der Waals surface area contributed by atoms with Gasteiger partial charge in [0.05, 0.1) is 15.9 Å². The first kappa shape index (κ1) is 16.2. The van der Waals surface area contributed by atoms with Crippen LogP contribution in [-0.4, -0.2) is 16.3 Å². The van der Waals surface area contributed by atoms with Crippen molar-refractivity contribution in [2.45, 2.75) is 39.7 Å². The summed E-state index contributed by atoms with van der Waals surface area (Å²) in [6.45, 7) is 7.40. The van der Waals surface area contributed by atoms with Crippen molar-refractivity contribution in [3.05, 3.63) is 51.3 Å². The third-order valence-corrected chi connectivity index (χ3v) is 4.78. The van der Waals surface area contributed by atoms with Crippen LogP contribution in [0, 0.1) is 13.8 Å². The SMILES string of the molecule is CCCNC(Cc1c(Br)c(C)nn1C)c1cccc(C)c1. The Bertz CT molecular complexity index is 604. The van der Waals surface area contributed by atoms with E-state index >= 15 is 0 Å². The van der Waals surface area contributed by atoms with Crippen molar-refractivity contribution in [3.63, 3.8) is 0 Å². The van der Waals surface area contributed by atoms with E-state index in [0.717, 1.165) is 29.6 Å². The molecule has 0 aliphatic rings. The van der Waals surface area contributed by atoms with Crippen LogP contribution >= 0.6 is 15.9 Å². The van der Waals surface area contributed by atoms with E-state index in [2.05, 4.69) is 64.5 Å². The summed E-state index contributed by atoms with van der Waals surface area (Å²) in [4.78, 5) is 0. The topological polar surface area (TPSA) is 29.9 Å². The molecule has 3 nitrogen and oxygen atoms in total. The molecule has 1 aromatic heterocycles. The van der Waals surface area contributed by atoms with E-state index in [0.29, 0.717) is 6.04 Å². The fraction of sp³-hybridized carbons (Fsp3) is 0.471. The highest BCUT2D eigenvalue weighted by molar-refractivity contribution is 9.10. The highest BCUT2D eigenvalue weighted by atomic mass is 79.9. The molecule has 1 aromatic carbocycles. The fourth-order valence-electron chi connectivity index (χ4n) is 2.61. The van der Waals surface area contributed by atoms with Crippen LogP contribution in [0.3, 0.4) is 0 Å². The van der Waals surface area contributed by atoms with Crippen LogP contribution in [0.15, 0.2) is 28.7 Å². The van der Waals surface area contributed by atoms with Gasteiger partial charge in [0.25, 0.3) is 0 Å². The van der Waals surface area contributed by atoms with Gasteiger partial charge in [-0.3, -0.25) is 4.68 Å². The lowest BCUT2D eigenvalue weighted by Gasteiger charge is -2.20. The van der Waals surface area contributed by atoms with Gasteiger partial charge in [-0.25, -0.2) is 0 Å². The van der Waals surface area contributed by atoms with E-state index in [1.54, 1.807) is 0 Å². The van der Waals surface area contributed by atoms with Gasteiger partial charge in [0, 0.05) is 19.5 Å². The molecular weight excluding hydrogens is 326 g/mol. The molecule has 0 aliphatic heterocycles. The summed E-state index contributed by atoms with van der Waals surface area (Å²) in [7, 11) is 2.01. The molecule has 0 bridgehead atoms. The molecule has 0 saturated carbocycles. The van der Waals surface area contributed by atoms with Crippen molar-refractivity contribution in [2.75, 3.05) is 6.54 Å². The van der Waals surface area contributed by atoms with Crippen molar-refractivity contribution >= 4 is 15.9 Å². The highest BCUT2D eigenvalue weighted by Crippen LogP contribution is 2.26. The lowest BCUT2D eigenvalue weighted by molar-refractivity contribution is 0.511. The molecule has 4 heteroatoms. The number of aromatic nitrogens is 2. The number of hydrogen-bond donors (Lipinski definition) is 1. The lowest BCUT2D eigenvalue weighted by Crippen LogP contribution is -2.25. The molecule has 0 fully saturated rings. The first-order valence-corrected chi connectivity index (χ1v) is 8.30. The second-order valence-corrected chi connectivity index (χ2v) is 6.39. The lowest BCUT2D eigenvalue weighted by atomic mass is 10.00. The number of nitrogens with one attached hydrogen (secondary N) is 1. The Labute approximate surface area is 135 Å². The van der Waals surface area contributed by atoms with Gasteiger partial charge in [-0.2, -0.15) is 5.10 Å². The Balaban J connectivity index is 2.28. The first-order valence-electron chi connectivity index (χ1n) is 7.50. The van der Waals surface area contributed by atoms with E-state index in [-0.39, 0.29) is 0 Å². The molecule has 1 unspecified atom stereocenters. The number of aryl methyl sites for hydroxylation is 3. The minimum Gasteiger partial charge on any atom is -0.310 e. The van der Waals surface area contributed by atoms with Gasteiger partial charge in [-0.15, -0.1) is 0 Å². The maximum atomic E-state index is 4.50. The second-order valence-electron chi connectivity index (χ2n) is 5.59. The van der Waals surface area contributed by atoms with Crippen molar-refractivity contribution < 1.29 is 0 Å². The predicted molar refractivity (Wildman–Crippen MR) is 91.6 cm³/mol. The molecule has 1 N–H and O–H groups in total. The highest BCUT2D eigenvalue weighted by Gasteiger charge is 2.18. The van der Waals surface area contributed by atoms with Crippen LogP contribution in [0.4, 0.5) is 0 Å². The summed E-state index contributed by atoms with van der Waals surface area (Å²) in [6, 6.07) is 9.07. The molecule has 0 radical (unpaired) electrons. The molecule has 114 valence electrons. The summed E-state index contributed by atoms with van der Waals surface area (Å²) in [5, 5.41) is 8.16. The minimum atomic E-state index is 0.316. The summed E-state index contributed by atoms with van der Waals surface area (Å²) in [5.41, 5.74) is 4.93. The predicted octanol–water partition coefficient (Wildman–Crippen LogP) is 4.08. The van der Waals surface area contributed by atoms with Crippen molar-refractivity contribution in [1.82, 2.24) is 15.1 Å². The van der Waals surface area contributed by atoms with Gasteiger partial charge in [0.15, 0.2) is 0 Å². The molecule has 1 atom stereocenters. The van der Waals surface area contributed by atoms with Crippen LogP contribution in [0.5, 0.6) is 0 Å². The number of benzene rings is 1. The molecule has 2 aromatic rings. The van der Waals surface area contributed by atoms with Crippen LogP contribution in [0.25, 0.3) is 0 Å². The molecular formula is C17H24BrN3. The minimum absolute atomic E-state index is 0.316. The van der Waals surface area contributed by atoms with Crippen LogP contribution in [-0.2, 0) is 13.5 Å². The zero-order valence-corrected chi connectivity index (χ0v) is 14.9. The van der Waals surface area contributed by atoms with E-state index in [1.807, 2.05) is 18.7 Å². The normalized spacial score (nSPS) is 12.6. The number of hydrogen-bond acceptors (Lipinski definition) is 2. The fourth-order valence-corrected chi connectivity index (χ4v) is 3.11. The summed E-state index contributed by atoms with van der Waals surface area (Å²) in [5.74, 6) is 0.